The third kappa shape index (κ3) is 9.47. The molecule has 5 amide bonds. The molecule has 0 heterocycles. The summed E-state index contributed by atoms with van der Waals surface area (Å²) in [7, 11) is 0. The molecule has 28 heavy (non-hydrogen) atoms. The highest BCUT2D eigenvalue weighted by molar-refractivity contribution is 5.94. The number of hydrogen-bond acceptors (Lipinski definition) is 7. The molecule has 0 aliphatic heterocycles. The molecule has 0 rings (SSSR count). The second kappa shape index (κ2) is 11.5. The van der Waals surface area contributed by atoms with E-state index < -0.39 is 78.9 Å². The van der Waals surface area contributed by atoms with Crippen molar-refractivity contribution < 1.29 is 33.9 Å². The Hall–Kier alpha value is -3.22. The van der Waals surface area contributed by atoms with Crippen molar-refractivity contribution in [3.8, 4) is 0 Å². The maximum atomic E-state index is 12.3. The van der Waals surface area contributed by atoms with Crippen LogP contribution in [0.5, 0.6) is 0 Å². The van der Waals surface area contributed by atoms with Crippen molar-refractivity contribution >= 4 is 35.5 Å². The number of carbonyl (C=O) groups excluding carboxylic acids is 5. The van der Waals surface area contributed by atoms with Crippen molar-refractivity contribution in [3.05, 3.63) is 0 Å². The van der Waals surface area contributed by atoms with Gasteiger partial charge in [-0.25, -0.2) is 4.79 Å². The van der Waals surface area contributed by atoms with Gasteiger partial charge in [0.15, 0.2) is 0 Å². The summed E-state index contributed by atoms with van der Waals surface area (Å²) in [6.45, 7) is 2.65. The van der Waals surface area contributed by atoms with Crippen LogP contribution < -0.4 is 33.2 Å². The number of rotatable bonds is 12. The van der Waals surface area contributed by atoms with Crippen LogP contribution in [0.4, 0.5) is 0 Å². The van der Waals surface area contributed by atoms with Crippen LogP contribution in [-0.2, 0) is 28.8 Å². The molecule has 0 saturated carbocycles. The van der Waals surface area contributed by atoms with Crippen LogP contribution in [-0.4, -0.2) is 65.3 Å². The molecule has 0 aliphatic rings. The van der Waals surface area contributed by atoms with Gasteiger partial charge >= 0.3 is 5.97 Å². The number of carbonyl (C=O) groups is 6. The summed E-state index contributed by atoms with van der Waals surface area (Å²) in [5, 5.41) is 15.7. The second-order valence-corrected chi connectivity index (χ2v) is 6.35. The molecule has 0 aromatic heterocycles. The summed E-state index contributed by atoms with van der Waals surface area (Å²) in [6.07, 6.45) is -1.02. The maximum Gasteiger partial charge on any atom is 0.326 e. The Morgan fingerprint density at radius 3 is 1.86 bits per heavy atom. The number of aliphatic carboxylic acids is 1. The van der Waals surface area contributed by atoms with Gasteiger partial charge in [-0.3, -0.25) is 24.0 Å². The molecule has 3 atom stereocenters. The van der Waals surface area contributed by atoms with Crippen molar-refractivity contribution in [1.29, 1.82) is 0 Å². The smallest absolute Gasteiger partial charge is 0.326 e. The van der Waals surface area contributed by atoms with Gasteiger partial charge in [-0.1, -0.05) is 13.8 Å². The van der Waals surface area contributed by atoms with Crippen molar-refractivity contribution in [2.24, 2.45) is 23.1 Å². The van der Waals surface area contributed by atoms with E-state index in [4.69, 9.17) is 22.3 Å². The number of carboxylic acid groups (broad SMARTS) is 1. The molecule has 0 fully saturated rings. The minimum atomic E-state index is -1.55. The summed E-state index contributed by atoms with van der Waals surface area (Å²) >= 11 is 0. The predicted octanol–water partition coefficient (Wildman–Crippen LogP) is -4.11. The third-order valence-corrected chi connectivity index (χ3v) is 3.47. The Labute approximate surface area is 160 Å². The lowest BCUT2D eigenvalue weighted by molar-refractivity contribution is -0.144. The molecule has 0 radical (unpaired) electrons. The van der Waals surface area contributed by atoms with Crippen molar-refractivity contribution in [1.82, 2.24) is 16.0 Å². The van der Waals surface area contributed by atoms with Gasteiger partial charge in [0.25, 0.3) is 0 Å². The van der Waals surface area contributed by atoms with Crippen LogP contribution in [0.25, 0.3) is 0 Å². The van der Waals surface area contributed by atoms with E-state index in [9.17, 15) is 28.8 Å². The fourth-order valence-corrected chi connectivity index (χ4v) is 2.03. The van der Waals surface area contributed by atoms with Crippen LogP contribution in [0, 0.1) is 5.92 Å². The quantitative estimate of drug-likeness (QED) is 0.169. The topological polar surface area (TPSA) is 237 Å². The molecular formula is C15H26N6O7. The van der Waals surface area contributed by atoms with Crippen LogP contribution >= 0.6 is 0 Å². The van der Waals surface area contributed by atoms with E-state index in [2.05, 4.69) is 16.0 Å². The summed E-state index contributed by atoms with van der Waals surface area (Å²) in [6, 6.07) is -3.91. The van der Waals surface area contributed by atoms with E-state index in [0.29, 0.717) is 0 Å². The molecule has 3 unspecified atom stereocenters. The van der Waals surface area contributed by atoms with Gasteiger partial charge in [0.1, 0.15) is 12.1 Å². The summed E-state index contributed by atoms with van der Waals surface area (Å²) in [5.74, 6) is -5.99. The van der Waals surface area contributed by atoms with Gasteiger partial charge in [-0.15, -0.1) is 0 Å². The lowest BCUT2D eigenvalue weighted by Gasteiger charge is -2.24. The SMILES string of the molecule is CC(C)C(NC(=O)CNC(=O)C(N)CC(N)=O)C(=O)NC(CC(N)=O)C(=O)O. The molecule has 0 aromatic carbocycles. The molecular weight excluding hydrogens is 376 g/mol. The first-order valence-electron chi connectivity index (χ1n) is 8.27. The van der Waals surface area contributed by atoms with Gasteiger partial charge in [0.05, 0.1) is 25.4 Å². The summed E-state index contributed by atoms with van der Waals surface area (Å²) in [4.78, 5) is 68.6. The first-order valence-corrected chi connectivity index (χ1v) is 8.27. The maximum absolute atomic E-state index is 12.3. The number of nitrogens with one attached hydrogen (secondary N) is 3. The molecule has 0 saturated heterocycles. The summed E-state index contributed by atoms with van der Waals surface area (Å²) < 4.78 is 0. The van der Waals surface area contributed by atoms with Crippen molar-refractivity contribution in [2.45, 2.75) is 44.8 Å². The molecule has 13 heteroatoms. The first-order chi connectivity index (χ1) is 12.8. The number of carboxylic acids is 1. The molecule has 158 valence electrons. The number of hydrogen-bond donors (Lipinski definition) is 7. The zero-order valence-electron chi connectivity index (χ0n) is 15.6. The lowest BCUT2D eigenvalue weighted by Crippen LogP contribution is -2.56. The van der Waals surface area contributed by atoms with E-state index in [1.54, 1.807) is 13.8 Å². The Balaban J connectivity index is 4.83. The van der Waals surface area contributed by atoms with Gasteiger partial charge in [0, 0.05) is 0 Å². The van der Waals surface area contributed by atoms with Crippen LogP contribution in [0.15, 0.2) is 0 Å². The molecule has 0 bridgehead atoms. The minimum absolute atomic E-state index is 0.402. The van der Waals surface area contributed by atoms with Crippen LogP contribution in [0.3, 0.4) is 0 Å². The van der Waals surface area contributed by atoms with E-state index in [1.807, 2.05) is 0 Å². The molecule has 10 N–H and O–H groups in total. The summed E-state index contributed by atoms with van der Waals surface area (Å²) in [5.41, 5.74) is 15.3. The average molecular weight is 402 g/mol. The van der Waals surface area contributed by atoms with Crippen molar-refractivity contribution in [3.63, 3.8) is 0 Å². The largest absolute Gasteiger partial charge is 0.480 e. The highest BCUT2D eigenvalue weighted by Crippen LogP contribution is 2.03. The average Bonchev–Trinajstić information content (AvgIpc) is 2.55. The van der Waals surface area contributed by atoms with Crippen LogP contribution in [0.1, 0.15) is 26.7 Å². The van der Waals surface area contributed by atoms with E-state index >= 15 is 0 Å². The van der Waals surface area contributed by atoms with Gasteiger partial charge in [-0.2, -0.15) is 0 Å². The van der Waals surface area contributed by atoms with E-state index in [-0.39, 0.29) is 0 Å². The molecule has 13 nitrogen and oxygen atoms in total. The van der Waals surface area contributed by atoms with Crippen LogP contribution in [0.2, 0.25) is 0 Å². The Bertz CT molecular complexity index is 636. The highest BCUT2D eigenvalue weighted by Gasteiger charge is 2.29. The lowest BCUT2D eigenvalue weighted by atomic mass is 10.0. The second-order valence-electron chi connectivity index (χ2n) is 6.35. The zero-order chi connectivity index (χ0) is 22.0. The number of primary amides is 2. The number of nitrogens with two attached hydrogens (primary N) is 3. The zero-order valence-corrected chi connectivity index (χ0v) is 15.6. The van der Waals surface area contributed by atoms with Gasteiger partial charge in [-0.05, 0) is 5.92 Å². The minimum Gasteiger partial charge on any atom is -0.480 e. The fraction of sp³-hybridized carbons (Fsp3) is 0.600. The third-order valence-electron chi connectivity index (χ3n) is 3.47. The van der Waals surface area contributed by atoms with Gasteiger partial charge < -0.3 is 38.3 Å². The Kier molecular flexibility index (Phi) is 10.2. The highest BCUT2D eigenvalue weighted by atomic mass is 16.4. The fourth-order valence-electron chi connectivity index (χ4n) is 2.03. The van der Waals surface area contributed by atoms with Crippen molar-refractivity contribution in [2.75, 3.05) is 6.54 Å². The molecule has 0 aromatic rings. The normalized spacial score (nSPS) is 13.7. The molecule has 0 aliphatic carbocycles. The number of amides is 5. The monoisotopic (exact) mass is 402 g/mol. The van der Waals surface area contributed by atoms with E-state index in [1.165, 1.54) is 0 Å². The Morgan fingerprint density at radius 1 is 0.893 bits per heavy atom. The predicted molar refractivity (Wildman–Crippen MR) is 94.9 cm³/mol. The molecule has 0 spiro atoms. The standard InChI is InChI=1S/C15H26N6O7/c1-6(2)12(14(26)20-8(15(27)28)4-10(18)23)21-11(24)5-19-13(25)7(16)3-9(17)22/h6-8,12H,3-5,16H2,1-2H3,(H2,17,22)(H2,18,23)(H,19,25)(H,20,26)(H,21,24)(H,27,28). The Morgan fingerprint density at radius 2 is 1.43 bits per heavy atom. The van der Waals surface area contributed by atoms with Gasteiger partial charge in [0.2, 0.25) is 29.5 Å². The first kappa shape index (κ1) is 24.8. The van der Waals surface area contributed by atoms with E-state index in [0.717, 1.165) is 0 Å².